The Balaban J connectivity index is 2.34. The molecule has 106 valence electrons. The van der Waals surface area contributed by atoms with Crippen molar-refractivity contribution in [2.75, 3.05) is 23.8 Å². The lowest BCUT2D eigenvalue weighted by atomic mass is 9.94. The molecule has 4 nitrogen and oxygen atoms in total. The van der Waals surface area contributed by atoms with Crippen molar-refractivity contribution in [3.8, 4) is 0 Å². The van der Waals surface area contributed by atoms with E-state index in [1.807, 2.05) is 14.0 Å². The second-order valence-electron chi connectivity index (χ2n) is 5.40. The summed E-state index contributed by atoms with van der Waals surface area (Å²) in [6, 6.07) is 0.649. The van der Waals surface area contributed by atoms with Crippen LogP contribution < -0.4 is 10.2 Å². The average Bonchev–Trinajstić information content (AvgIpc) is 2.44. The van der Waals surface area contributed by atoms with Crippen LogP contribution >= 0.6 is 0 Å². The van der Waals surface area contributed by atoms with Crippen LogP contribution in [0.1, 0.15) is 50.4 Å². The monoisotopic (exact) mass is 262 g/mol. The predicted molar refractivity (Wildman–Crippen MR) is 80.9 cm³/mol. The minimum absolute atomic E-state index is 0.649. The number of hydrogen-bond donors (Lipinski definition) is 1. The topological polar surface area (TPSA) is 41.1 Å². The molecule has 0 amide bonds. The van der Waals surface area contributed by atoms with E-state index in [-0.39, 0.29) is 0 Å². The standard InChI is InChI=1S/C15H26N4/c1-5-19(13-9-7-6-8-10-13)15-11(2)14(16-4)17-12(3)18-15/h13H,5-10H2,1-4H3,(H,16,17,18). The molecule has 1 aromatic heterocycles. The summed E-state index contributed by atoms with van der Waals surface area (Å²) in [5, 5.41) is 3.18. The third-order valence-corrected chi connectivity index (χ3v) is 4.10. The summed E-state index contributed by atoms with van der Waals surface area (Å²) < 4.78 is 0. The molecule has 1 saturated carbocycles. The molecular weight excluding hydrogens is 236 g/mol. The van der Waals surface area contributed by atoms with Crippen LogP contribution in [-0.4, -0.2) is 29.6 Å². The number of hydrogen-bond acceptors (Lipinski definition) is 4. The molecule has 0 bridgehead atoms. The molecule has 0 spiro atoms. The quantitative estimate of drug-likeness (QED) is 0.904. The van der Waals surface area contributed by atoms with Crippen LogP contribution in [0.5, 0.6) is 0 Å². The van der Waals surface area contributed by atoms with Crippen LogP contribution in [0, 0.1) is 13.8 Å². The zero-order valence-corrected chi connectivity index (χ0v) is 12.7. The summed E-state index contributed by atoms with van der Waals surface area (Å²) >= 11 is 0. The molecule has 1 aromatic rings. The maximum Gasteiger partial charge on any atom is 0.137 e. The summed E-state index contributed by atoms with van der Waals surface area (Å²) in [6.07, 6.45) is 6.68. The fraction of sp³-hybridized carbons (Fsp3) is 0.733. The van der Waals surface area contributed by atoms with Crippen molar-refractivity contribution in [3.05, 3.63) is 11.4 Å². The van der Waals surface area contributed by atoms with Crippen molar-refractivity contribution in [1.29, 1.82) is 0 Å². The van der Waals surface area contributed by atoms with E-state index >= 15 is 0 Å². The number of anilines is 2. The first kappa shape index (κ1) is 14.1. The highest BCUT2D eigenvalue weighted by atomic mass is 15.2. The van der Waals surface area contributed by atoms with Crippen molar-refractivity contribution < 1.29 is 0 Å². The highest BCUT2D eigenvalue weighted by Crippen LogP contribution is 2.30. The van der Waals surface area contributed by atoms with Crippen LogP contribution in [0.15, 0.2) is 0 Å². The molecule has 0 radical (unpaired) electrons. The minimum atomic E-state index is 0.649. The van der Waals surface area contributed by atoms with Gasteiger partial charge in [-0.05, 0) is 33.6 Å². The Kier molecular flexibility index (Phi) is 4.61. The molecule has 1 heterocycles. The zero-order chi connectivity index (χ0) is 13.8. The Morgan fingerprint density at radius 1 is 1.16 bits per heavy atom. The van der Waals surface area contributed by atoms with Crippen LogP contribution in [0.3, 0.4) is 0 Å². The first-order chi connectivity index (χ1) is 9.17. The molecule has 1 aliphatic rings. The van der Waals surface area contributed by atoms with Crippen LogP contribution in [0.25, 0.3) is 0 Å². The van der Waals surface area contributed by atoms with E-state index in [9.17, 15) is 0 Å². The third kappa shape index (κ3) is 2.99. The van der Waals surface area contributed by atoms with Gasteiger partial charge in [-0.1, -0.05) is 19.3 Å². The van der Waals surface area contributed by atoms with Gasteiger partial charge in [-0.25, -0.2) is 9.97 Å². The van der Waals surface area contributed by atoms with Crippen molar-refractivity contribution in [3.63, 3.8) is 0 Å². The SMILES string of the molecule is CCN(c1nc(C)nc(NC)c1C)C1CCCCC1. The smallest absolute Gasteiger partial charge is 0.137 e. The number of nitrogens with zero attached hydrogens (tertiary/aromatic N) is 3. The lowest BCUT2D eigenvalue weighted by molar-refractivity contribution is 0.415. The Morgan fingerprint density at radius 2 is 1.84 bits per heavy atom. The van der Waals surface area contributed by atoms with E-state index in [2.05, 4.69) is 29.0 Å². The van der Waals surface area contributed by atoms with Gasteiger partial charge in [0.05, 0.1) is 0 Å². The summed E-state index contributed by atoms with van der Waals surface area (Å²) in [7, 11) is 1.93. The van der Waals surface area contributed by atoms with Crippen LogP contribution in [0.2, 0.25) is 0 Å². The highest BCUT2D eigenvalue weighted by Gasteiger charge is 2.23. The first-order valence-electron chi connectivity index (χ1n) is 7.47. The zero-order valence-electron chi connectivity index (χ0n) is 12.7. The largest absolute Gasteiger partial charge is 0.373 e. The second kappa shape index (κ2) is 6.22. The molecule has 0 saturated heterocycles. The molecule has 19 heavy (non-hydrogen) atoms. The van der Waals surface area contributed by atoms with Gasteiger partial charge >= 0.3 is 0 Å². The molecule has 0 atom stereocenters. The van der Waals surface area contributed by atoms with E-state index < -0.39 is 0 Å². The average molecular weight is 262 g/mol. The summed E-state index contributed by atoms with van der Waals surface area (Å²) in [6.45, 7) is 7.33. The normalized spacial score (nSPS) is 16.4. The second-order valence-corrected chi connectivity index (χ2v) is 5.40. The molecule has 2 rings (SSSR count). The molecule has 0 unspecified atom stereocenters. The number of aromatic nitrogens is 2. The third-order valence-electron chi connectivity index (χ3n) is 4.10. The van der Waals surface area contributed by atoms with Crippen LogP contribution in [-0.2, 0) is 0 Å². The molecule has 0 aliphatic heterocycles. The van der Waals surface area contributed by atoms with Gasteiger partial charge in [0, 0.05) is 25.2 Å². The highest BCUT2D eigenvalue weighted by molar-refractivity contribution is 5.58. The Bertz CT molecular complexity index is 424. The van der Waals surface area contributed by atoms with Gasteiger partial charge in [0.15, 0.2) is 0 Å². The molecule has 4 heteroatoms. The Labute approximate surface area is 116 Å². The maximum absolute atomic E-state index is 4.70. The van der Waals surface area contributed by atoms with E-state index in [0.717, 1.165) is 24.0 Å². The summed E-state index contributed by atoms with van der Waals surface area (Å²) in [5.41, 5.74) is 1.17. The van der Waals surface area contributed by atoms with E-state index in [1.54, 1.807) is 0 Å². The predicted octanol–water partition coefficient (Wildman–Crippen LogP) is 3.29. The van der Waals surface area contributed by atoms with Gasteiger partial charge in [-0.3, -0.25) is 0 Å². The lowest BCUT2D eigenvalue weighted by Crippen LogP contribution is -2.38. The van der Waals surface area contributed by atoms with Crippen molar-refractivity contribution >= 4 is 11.6 Å². The van der Waals surface area contributed by atoms with E-state index in [4.69, 9.17) is 4.98 Å². The maximum atomic E-state index is 4.70. The van der Waals surface area contributed by atoms with Gasteiger partial charge in [0.1, 0.15) is 17.5 Å². The van der Waals surface area contributed by atoms with Crippen molar-refractivity contribution in [2.24, 2.45) is 0 Å². The molecule has 1 N–H and O–H groups in total. The van der Waals surface area contributed by atoms with Crippen molar-refractivity contribution in [2.45, 2.75) is 58.9 Å². The number of nitrogens with one attached hydrogen (secondary N) is 1. The summed E-state index contributed by atoms with van der Waals surface area (Å²) in [5.74, 6) is 2.92. The van der Waals surface area contributed by atoms with E-state index in [0.29, 0.717) is 6.04 Å². The van der Waals surface area contributed by atoms with Gasteiger partial charge in [0.2, 0.25) is 0 Å². The van der Waals surface area contributed by atoms with Crippen molar-refractivity contribution in [1.82, 2.24) is 9.97 Å². The number of aryl methyl sites for hydroxylation is 1. The van der Waals surface area contributed by atoms with Crippen LogP contribution in [0.4, 0.5) is 11.6 Å². The first-order valence-corrected chi connectivity index (χ1v) is 7.47. The lowest BCUT2D eigenvalue weighted by Gasteiger charge is -2.35. The molecule has 1 fully saturated rings. The molecule has 0 aromatic carbocycles. The minimum Gasteiger partial charge on any atom is -0.373 e. The van der Waals surface area contributed by atoms with Gasteiger partial charge in [-0.2, -0.15) is 0 Å². The van der Waals surface area contributed by atoms with E-state index in [1.165, 1.54) is 37.7 Å². The summed E-state index contributed by atoms with van der Waals surface area (Å²) in [4.78, 5) is 11.6. The van der Waals surface area contributed by atoms with Gasteiger partial charge in [-0.15, -0.1) is 0 Å². The van der Waals surface area contributed by atoms with Gasteiger partial charge < -0.3 is 10.2 Å². The molecule has 1 aliphatic carbocycles. The van der Waals surface area contributed by atoms with Gasteiger partial charge in [0.25, 0.3) is 0 Å². The Hall–Kier alpha value is -1.32. The number of rotatable bonds is 4. The molecular formula is C15H26N4. The fourth-order valence-corrected chi connectivity index (χ4v) is 3.11. The Morgan fingerprint density at radius 3 is 2.42 bits per heavy atom. The fourth-order valence-electron chi connectivity index (χ4n) is 3.11.